The zero-order valence-electron chi connectivity index (χ0n) is 15.5. The molecule has 3 N–H and O–H groups in total. The van der Waals surface area contributed by atoms with Gasteiger partial charge < -0.3 is 15.1 Å². The van der Waals surface area contributed by atoms with Gasteiger partial charge in [-0.15, -0.1) is 0 Å². The lowest BCUT2D eigenvalue weighted by Crippen LogP contribution is -2.62. The number of thioether (sulfide) groups is 1. The Balaban J connectivity index is 1.86. The summed E-state index contributed by atoms with van der Waals surface area (Å²) in [5.41, 5.74) is 1.79. The number of aliphatic hydroxyl groups excluding tert-OH is 1. The lowest BCUT2D eigenvalue weighted by Gasteiger charge is -2.46. The molecule has 3 rings (SSSR count). The molecule has 1 aromatic heterocycles. The first-order valence-electron chi connectivity index (χ1n) is 8.67. The van der Waals surface area contributed by atoms with Gasteiger partial charge in [0.25, 0.3) is 0 Å². The van der Waals surface area contributed by atoms with Crippen molar-refractivity contribution in [3.8, 4) is 11.5 Å². The van der Waals surface area contributed by atoms with Crippen LogP contribution in [0, 0.1) is 0 Å². The van der Waals surface area contributed by atoms with E-state index < -0.39 is 27.0 Å². The van der Waals surface area contributed by atoms with Crippen LogP contribution in [0.2, 0.25) is 0 Å². The number of aromatic nitrogens is 1. The number of hydrogen-bond donors (Lipinski definition) is 3. The minimum Gasteiger partial charge on any atom is -0.457 e. The van der Waals surface area contributed by atoms with Gasteiger partial charge in [-0.2, -0.15) is 21.5 Å². The smallest absolute Gasteiger partial charge is 0.243 e. The van der Waals surface area contributed by atoms with E-state index in [1.807, 2.05) is 13.8 Å². The third-order valence-electron chi connectivity index (χ3n) is 4.56. The van der Waals surface area contributed by atoms with Gasteiger partial charge >= 0.3 is 0 Å². The SMILES string of the molecule is CC1(C)SCCN(S(=O)(=O)c2ccc(Oc3ccncc3)cc2)[C@H]1C(O)NO. The number of pyridine rings is 1. The van der Waals surface area contributed by atoms with Crippen LogP contribution in [-0.2, 0) is 10.0 Å². The van der Waals surface area contributed by atoms with Gasteiger partial charge in [-0.3, -0.25) is 4.98 Å². The van der Waals surface area contributed by atoms with Crippen molar-refractivity contribution in [1.82, 2.24) is 14.8 Å². The predicted octanol–water partition coefficient (Wildman–Crippen LogP) is 2.06. The summed E-state index contributed by atoms with van der Waals surface area (Å²) in [4.78, 5) is 4.01. The number of nitrogens with one attached hydrogen (secondary N) is 1. The highest BCUT2D eigenvalue weighted by atomic mass is 32.2. The van der Waals surface area contributed by atoms with Crippen LogP contribution >= 0.6 is 11.8 Å². The summed E-state index contributed by atoms with van der Waals surface area (Å²) in [5.74, 6) is 1.68. The third-order valence-corrected chi connectivity index (χ3v) is 7.82. The molecule has 1 aromatic carbocycles. The highest BCUT2D eigenvalue weighted by Crippen LogP contribution is 2.39. The Kier molecular flexibility index (Phi) is 6.28. The van der Waals surface area contributed by atoms with Crippen LogP contribution in [0.5, 0.6) is 11.5 Å². The van der Waals surface area contributed by atoms with E-state index in [9.17, 15) is 18.7 Å². The van der Waals surface area contributed by atoms with E-state index >= 15 is 0 Å². The van der Waals surface area contributed by atoms with Crippen molar-refractivity contribution in [2.45, 2.75) is 35.8 Å². The van der Waals surface area contributed by atoms with Crippen LogP contribution in [0.4, 0.5) is 0 Å². The molecule has 0 aliphatic carbocycles. The molecule has 0 radical (unpaired) electrons. The molecule has 1 unspecified atom stereocenters. The zero-order chi connectivity index (χ0) is 20.4. The van der Waals surface area contributed by atoms with E-state index in [0.717, 1.165) is 0 Å². The first kappa shape index (κ1) is 21.0. The van der Waals surface area contributed by atoms with E-state index in [-0.39, 0.29) is 11.4 Å². The Morgan fingerprint density at radius 3 is 2.43 bits per heavy atom. The number of aliphatic hydroxyl groups is 1. The molecular weight excluding hydrogens is 402 g/mol. The highest BCUT2D eigenvalue weighted by molar-refractivity contribution is 8.00. The quantitative estimate of drug-likeness (QED) is 0.476. The standard InChI is InChI=1S/C18H23N3O5S2/c1-18(2)16(17(22)20-23)21(11-12-27-18)28(24,25)15-5-3-13(4-6-15)26-14-7-9-19-10-8-14/h3-10,16-17,20,22-23H,11-12H2,1-2H3/t16-,17?/m0/s1. The summed E-state index contributed by atoms with van der Waals surface area (Å²) in [5, 5.41) is 19.4. The van der Waals surface area contributed by atoms with E-state index in [0.29, 0.717) is 17.3 Å². The van der Waals surface area contributed by atoms with Gasteiger partial charge in [0.05, 0.1) is 10.9 Å². The number of hydrogen-bond acceptors (Lipinski definition) is 8. The van der Waals surface area contributed by atoms with Crippen LogP contribution in [0.25, 0.3) is 0 Å². The molecule has 2 aromatic rings. The molecule has 2 heterocycles. The Bertz CT molecular complexity index is 891. The van der Waals surface area contributed by atoms with Gasteiger partial charge in [0, 0.05) is 29.4 Å². The molecule has 2 atom stereocenters. The van der Waals surface area contributed by atoms with E-state index in [4.69, 9.17) is 4.74 Å². The second-order valence-corrected chi connectivity index (χ2v) is 10.5. The number of rotatable bonds is 6. The van der Waals surface area contributed by atoms with Crippen molar-refractivity contribution in [2.75, 3.05) is 12.3 Å². The zero-order valence-corrected chi connectivity index (χ0v) is 17.2. The maximum Gasteiger partial charge on any atom is 0.243 e. The molecule has 1 aliphatic heterocycles. The topological polar surface area (TPSA) is 112 Å². The number of sulfonamides is 1. The summed E-state index contributed by atoms with van der Waals surface area (Å²) < 4.78 is 32.8. The van der Waals surface area contributed by atoms with Crippen molar-refractivity contribution in [3.63, 3.8) is 0 Å². The summed E-state index contributed by atoms with van der Waals surface area (Å²) in [6.45, 7) is 3.92. The molecule has 1 fully saturated rings. The van der Waals surface area contributed by atoms with Gasteiger partial charge in [0.15, 0.2) is 0 Å². The average molecular weight is 426 g/mol. The molecule has 0 saturated carbocycles. The maximum absolute atomic E-state index is 13.2. The van der Waals surface area contributed by atoms with Gasteiger partial charge in [-0.1, -0.05) is 0 Å². The molecule has 1 saturated heterocycles. The Labute approximate surface area is 168 Å². The van der Waals surface area contributed by atoms with Gasteiger partial charge in [-0.05, 0) is 50.2 Å². The number of hydroxylamine groups is 1. The third kappa shape index (κ3) is 4.32. The van der Waals surface area contributed by atoms with Crippen LogP contribution in [0.15, 0.2) is 53.7 Å². The lowest BCUT2D eigenvalue weighted by molar-refractivity contribution is -0.0447. The van der Waals surface area contributed by atoms with Crippen molar-refractivity contribution < 1.29 is 23.5 Å². The summed E-state index contributed by atoms with van der Waals surface area (Å²) in [6, 6.07) is 8.65. The fourth-order valence-electron chi connectivity index (χ4n) is 3.21. The van der Waals surface area contributed by atoms with E-state index in [1.165, 1.54) is 16.4 Å². The minimum absolute atomic E-state index is 0.0902. The first-order chi connectivity index (χ1) is 13.3. The number of ether oxygens (including phenoxy) is 1. The number of benzene rings is 1. The van der Waals surface area contributed by atoms with E-state index in [2.05, 4.69) is 4.98 Å². The molecule has 1 aliphatic rings. The second-order valence-electron chi connectivity index (χ2n) is 6.84. The van der Waals surface area contributed by atoms with Crippen LogP contribution in [0.1, 0.15) is 13.8 Å². The van der Waals surface area contributed by atoms with Crippen molar-refractivity contribution in [3.05, 3.63) is 48.8 Å². The normalized spacial score (nSPS) is 21.2. The molecule has 0 amide bonds. The second kappa shape index (κ2) is 8.36. The molecule has 8 nitrogen and oxygen atoms in total. The Morgan fingerprint density at radius 2 is 1.82 bits per heavy atom. The molecule has 0 bridgehead atoms. The van der Waals surface area contributed by atoms with Crippen LogP contribution in [-0.4, -0.2) is 57.3 Å². The monoisotopic (exact) mass is 425 g/mol. The van der Waals surface area contributed by atoms with Crippen molar-refractivity contribution >= 4 is 21.8 Å². The summed E-state index contributed by atoms with van der Waals surface area (Å²) in [6.07, 6.45) is 1.79. The molecule has 0 spiro atoms. The van der Waals surface area contributed by atoms with Crippen molar-refractivity contribution in [1.29, 1.82) is 0 Å². The Morgan fingerprint density at radius 1 is 1.21 bits per heavy atom. The summed E-state index contributed by atoms with van der Waals surface area (Å²) >= 11 is 1.55. The van der Waals surface area contributed by atoms with Gasteiger partial charge in [-0.25, -0.2) is 8.42 Å². The van der Waals surface area contributed by atoms with Crippen molar-refractivity contribution in [2.24, 2.45) is 0 Å². The minimum atomic E-state index is -3.88. The van der Waals surface area contributed by atoms with Gasteiger partial charge in [0.2, 0.25) is 10.0 Å². The van der Waals surface area contributed by atoms with Crippen LogP contribution < -0.4 is 10.2 Å². The molecule has 152 valence electrons. The highest BCUT2D eigenvalue weighted by Gasteiger charge is 2.47. The average Bonchev–Trinajstić information content (AvgIpc) is 2.68. The summed E-state index contributed by atoms with van der Waals surface area (Å²) in [7, 11) is -3.88. The number of nitrogens with zero attached hydrogens (tertiary/aromatic N) is 2. The lowest BCUT2D eigenvalue weighted by atomic mass is 10.0. The molecule has 10 heteroatoms. The van der Waals surface area contributed by atoms with E-state index in [1.54, 1.807) is 53.9 Å². The fraction of sp³-hybridized carbons (Fsp3) is 0.389. The Hall–Kier alpha value is -1.69. The van der Waals surface area contributed by atoms with Gasteiger partial charge in [0.1, 0.15) is 17.7 Å². The molecular formula is C18H23N3O5S2. The molecule has 28 heavy (non-hydrogen) atoms. The largest absolute Gasteiger partial charge is 0.457 e. The van der Waals surface area contributed by atoms with Crippen LogP contribution in [0.3, 0.4) is 0 Å². The fourth-order valence-corrected chi connectivity index (χ4v) is 6.39. The maximum atomic E-state index is 13.2. The first-order valence-corrected chi connectivity index (χ1v) is 11.1. The predicted molar refractivity (Wildman–Crippen MR) is 106 cm³/mol.